The van der Waals surface area contributed by atoms with Gasteiger partial charge in [-0.3, -0.25) is 9.59 Å². The van der Waals surface area contributed by atoms with Crippen LogP contribution >= 0.6 is 0 Å². The first kappa shape index (κ1) is 30.4. The highest BCUT2D eigenvalue weighted by molar-refractivity contribution is 5.86. The van der Waals surface area contributed by atoms with Crippen LogP contribution in [0.2, 0.25) is 0 Å². The lowest BCUT2D eigenvalue weighted by molar-refractivity contribution is -0.143. The number of alkyl halides is 3. The Labute approximate surface area is 239 Å². The third-order valence-corrected chi connectivity index (χ3v) is 7.57. The van der Waals surface area contributed by atoms with Crippen molar-refractivity contribution in [3.63, 3.8) is 0 Å². The van der Waals surface area contributed by atoms with E-state index in [2.05, 4.69) is 0 Å². The average Bonchev–Trinajstić information content (AvgIpc) is 3.65. The molecule has 0 atom stereocenters. The van der Waals surface area contributed by atoms with Gasteiger partial charge in [0.2, 0.25) is 11.8 Å². The lowest BCUT2D eigenvalue weighted by Crippen LogP contribution is -2.44. The minimum absolute atomic E-state index is 0.0180. The largest absolute Gasteiger partial charge is 0.416 e. The van der Waals surface area contributed by atoms with E-state index in [4.69, 9.17) is 4.74 Å². The molecule has 0 bridgehead atoms. The molecule has 1 fully saturated rings. The first-order valence-corrected chi connectivity index (χ1v) is 14.1. The average molecular weight is 570 g/mol. The summed E-state index contributed by atoms with van der Waals surface area (Å²) in [6.07, 6.45) is 1.75. The highest BCUT2D eigenvalue weighted by Crippen LogP contribution is 2.30. The molecule has 4 rings (SSSR count). The van der Waals surface area contributed by atoms with Crippen molar-refractivity contribution in [2.45, 2.75) is 57.9 Å². The SMILES string of the molecule is COCCCN(Cc1cccn1Cc1cccc(C(F)(F)F)c1)C(=O)CN(Cc1ccccc1)C(=O)C1CCCC1. The number of benzene rings is 2. The lowest BCUT2D eigenvalue weighted by atomic mass is 10.1. The van der Waals surface area contributed by atoms with Gasteiger partial charge in [0.25, 0.3) is 0 Å². The summed E-state index contributed by atoms with van der Waals surface area (Å²) in [6.45, 7) is 1.74. The van der Waals surface area contributed by atoms with Crippen LogP contribution in [0, 0.1) is 5.92 Å². The van der Waals surface area contributed by atoms with Gasteiger partial charge in [0, 0.05) is 51.2 Å². The zero-order valence-corrected chi connectivity index (χ0v) is 23.5. The number of methoxy groups -OCH3 is 1. The molecule has 0 radical (unpaired) electrons. The van der Waals surface area contributed by atoms with Gasteiger partial charge >= 0.3 is 6.18 Å². The zero-order valence-electron chi connectivity index (χ0n) is 23.5. The summed E-state index contributed by atoms with van der Waals surface area (Å²) in [7, 11) is 1.61. The second-order valence-corrected chi connectivity index (χ2v) is 10.6. The van der Waals surface area contributed by atoms with Gasteiger partial charge in [-0.05, 0) is 54.7 Å². The van der Waals surface area contributed by atoms with Crippen molar-refractivity contribution in [3.8, 4) is 0 Å². The summed E-state index contributed by atoms with van der Waals surface area (Å²) in [4.78, 5) is 30.7. The van der Waals surface area contributed by atoms with Crippen LogP contribution in [0.3, 0.4) is 0 Å². The number of rotatable bonds is 13. The van der Waals surface area contributed by atoms with Crippen molar-refractivity contribution in [2.75, 3.05) is 26.8 Å². The number of amides is 2. The monoisotopic (exact) mass is 569 g/mol. The molecule has 220 valence electrons. The molecular weight excluding hydrogens is 531 g/mol. The fourth-order valence-corrected chi connectivity index (χ4v) is 5.39. The van der Waals surface area contributed by atoms with Gasteiger partial charge in [0.1, 0.15) is 6.54 Å². The molecule has 1 aliphatic rings. The number of carbonyl (C=O) groups excluding carboxylic acids is 2. The van der Waals surface area contributed by atoms with Gasteiger partial charge < -0.3 is 19.1 Å². The van der Waals surface area contributed by atoms with Crippen molar-refractivity contribution >= 4 is 11.8 Å². The Bertz CT molecular complexity index is 1270. The van der Waals surface area contributed by atoms with E-state index in [1.165, 1.54) is 6.07 Å². The third-order valence-electron chi connectivity index (χ3n) is 7.57. The van der Waals surface area contributed by atoms with Crippen LogP contribution < -0.4 is 0 Å². The lowest BCUT2D eigenvalue weighted by Gasteiger charge is -2.30. The van der Waals surface area contributed by atoms with Crippen LogP contribution in [0.4, 0.5) is 13.2 Å². The number of hydrogen-bond acceptors (Lipinski definition) is 3. The van der Waals surface area contributed by atoms with Gasteiger partial charge in [-0.2, -0.15) is 13.2 Å². The fourth-order valence-electron chi connectivity index (χ4n) is 5.39. The smallest absolute Gasteiger partial charge is 0.385 e. The second-order valence-electron chi connectivity index (χ2n) is 10.6. The number of halogens is 3. The molecule has 1 aliphatic carbocycles. The molecule has 2 amide bonds. The molecular formula is C32H38F3N3O3. The number of carbonyl (C=O) groups is 2. The summed E-state index contributed by atoms with van der Waals surface area (Å²) in [5.74, 6) is -0.210. The van der Waals surface area contributed by atoms with E-state index in [9.17, 15) is 22.8 Å². The third kappa shape index (κ3) is 8.70. The van der Waals surface area contributed by atoms with E-state index < -0.39 is 11.7 Å². The maximum atomic E-state index is 13.8. The van der Waals surface area contributed by atoms with Crippen LogP contribution in [-0.2, 0) is 40.1 Å². The topological polar surface area (TPSA) is 54.8 Å². The molecule has 41 heavy (non-hydrogen) atoms. The molecule has 0 N–H and O–H groups in total. The van der Waals surface area contributed by atoms with E-state index in [0.717, 1.165) is 49.1 Å². The summed E-state index contributed by atoms with van der Waals surface area (Å²) < 4.78 is 46.8. The minimum atomic E-state index is -4.42. The minimum Gasteiger partial charge on any atom is -0.385 e. The highest BCUT2D eigenvalue weighted by atomic mass is 19.4. The van der Waals surface area contributed by atoms with Crippen LogP contribution in [0.25, 0.3) is 0 Å². The van der Waals surface area contributed by atoms with E-state index in [0.29, 0.717) is 31.7 Å². The molecule has 0 saturated heterocycles. The molecule has 3 aromatic rings. The van der Waals surface area contributed by atoms with Gasteiger partial charge in [-0.1, -0.05) is 55.3 Å². The molecule has 0 spiro atoms. The van der Waals surface area contributed by atoms with Gasteiger partial charge in [0.15, 0.2) is 0 Å². The molecule has 1 heterocycles. The van der Waals surface area contributed by atoms with Gasteiger partial charge in [-0.25, -0.2) is 0 Å². The summed E-state index contributed by atoms with van der Waals surface area (Å²) in [5.41, 5.74) is 1.59. The Hall–Kier alpha value is -3.59. The van der Waals surface area contributed by atoms with Crippen LogP contribution in [-0.4, -0.2) is 53.0 Å². The standard InChI is InChI=1S/C32H38F3N3O3/c1-41-19-9-18-37(23-29-16-8-17-36(29)22-26-12-7-15-28(20-26)32(33,34)35)30(39)24-38(21-25-10-3-2-4-11-25)31(40)27-13-5-6-14-27/h2-4,7-8,10-12,15-17,20,27H,5-6,9,13-14,18-19,21-24H2,1H3. The Balaban J connectivity index is 1.51. The number of ether oxygens (including phenoxy) is 1. The van der Waals surface area contributed by atoms with Crippen LogP contribution in [0.15, 0.2) is 72.9 Å². The number of aromatic nitrogens is 1. The molecule has 1 saturated carbocycles. The van der Waals surface area contributed by atoms with Crippen molar-refractivity contribution in [1.82, 2.24) is 14.4 Å². The predicted octanol–water partition coefficient (Wildman–Crippen LogP) is 6.14. The Morgan fingerprint density at radius 2 is 1.66 bits per heavy atom. The van der Waals surface area contributed by atoms with E-state index in [1.807, 2.05) is 47.0 Å². The van der Waals surface area contributed by atoms with Crippen molar-refractivity contribution in [1.29, 1.82) is 0 Å². The Kier molecular flexibility index (Phi) is 10.6. The van der Waals surface area contributed by atoms with E-state index in [-0.39, 0.29) is 37.4 Å². The first-order valence-electron chi connectivity index (χ1n) is 14.1. The first-order chi connectivity index (χ1) is 19.7. The second kappa shape index (κ2) is 14.3. The zero-order chi connectivity index (χ0) is 29.2. The number of nitrogens with zero attached hydrogens (tertiary/aromatic N) is 3. The molecule has 0 unspecified atom stereocenters. The molecule has 0 aliphatic heterocycles. The Morgan fingerprint density at radius 3 is 2.37 bits per heavy atom. The quantitative estimate of drug-likeness (QED) is 0.233. The van der Waals surface area contributed by atoms with E-state index in [1.54, 1.807) is 29.2 Å². The summed E-state index contributed by atoms with van der Waals surface area (Å²) in [6, 6.07) is 18.7. The summed E-state index contributed by atoms with van der Waals surface area (Å²) in [5, 5.41) is 0. The maximum Gasteiger partial charge on any atom is 0.416 e. The number of hydrogen-bond donors (Lipinski definition) is 0. The van der Waals surface area contributed by atoms with Crippen molar-refractivity contribution < 1.29 is 27.5 Å². The Morgan fingerprint density at radius 1 is 0.927 bits per heavy atom. The molecule has 2 aromatic carbocycles. The summed E-state index contributed by atoms with van der Waals surface area (Å²) >= 11 is 0. The fraction of sp³-hybridized carbons (Fsp3) is 0.438. The molecule has 1 aromatic heterocycles. The van der Waals surface area contributed by atoms with Crippen molar-refractivity contribution in [3.05, 3.63) is 95.3 Å². The highest BCUT2D eigenvalue weighted by Gasteiger charge is 2.31. The normalized spacial score (nSPS) is 13.9. The molecule has 6 nitrogen and oxygen atoms in total. The maximum absolute atomic E-state index is 13.8. The predicted molar refractivity (Wildman–Crippen MR) is 151 cm³/mol. The van der Waals surface area contributed by atoms with E-state index >= 15 is 0 Å². The van der Waals surface area contributed by atoms with Crippen molar-refractivity contribution in [2.24, 2.45) is 5.92 Å². The van der Waals surface area contributed by atoms with Gasteiger partial charge in [-0.15, -0.1) is 0 Å². The van der Waals surface area contributed by atoms with Crippen LogP contribution in [0.5, 0.6) is 0 Å². The van der Waals surface area contributed by atoms with Crippen LogP contribution in [0.1, 0.15) is 54.5 Å². The van der Waals surface area contributed by atoms with Gasteiger partial charge in [0.05, 0.1) is 12.1 Å². The molecule has 9 heteroatoms.